The molecule has 0 aliphatic rings. The van der Waals surface area contributed by atoms with Gasteiger partial charge in [-0.05, 0) is 35.9 Å². The lowest BCUT2D eigenvalue weighted by Crippen LogP contribution is -2.39. The Bertz CT molecular complexity index is 554. The van der Waals surface area contributed by atoms with Crippen molar-refractivity contribution in [1.29, 1.82) is 0 Å². The maximum absolute atomic E-state index is 11.4. The van der Waals surface area contributed by atoms with E-state index in [-0.39, 0.29) is 0 Å². The molecule has 0 saturated carbocycles. The average Bonchev–Trinajstić information content (AvgIpc) is 2.88. The highest BCUT2D eigenvalue weighted by atomic mass is 16.4. The Balaban J connectivity index is 2.55. The number of pyridine rings is 1. The van der Waals surface area contributed by atoms with Crippen LogP contribution >= 0.6 is 0 Å². The topological polar surface area (TPSA) is 93.8 Å². The normalized spacial score (nSPS) is 14.1. The van der Waals surface area contributed by atoms with Crippen LogP contribution in [0.5, 0.6) is 0 Å². The van der Waals surface area contributed by atoms with Crippen LogP contribution in [0, 0.1) is 0 Å². The van der Waals surface area contributed by atoms with Gasteiger partial charge in [0, 0.05) is 18.0 Å². The van der Waals surface area contributed by atoms with E-state index in [1.54, 1.807) is 38.4 Å². The van der Waals surface area contributed by atoms with E-state index in [0.717, 1.165) is 5.56 Å². The van der Waals surface area contributed by atoms with Crippen LogP contribution in [0.4, 0.5) is 0 Å². The van der Waals surface area contributed by atoms with Crippen LogP contribution in [0.2, 0.25) is 0 Å². The molecule has 0 fully saturated rings. The van der Waals surface area contributed by atoms with Gasteiger partial charge in [-0.2, -0.15) is 0 Å². The first kappa shape index (κ1) is 12.2. The van der Waals surface area contributed by atoms with Gasteiger partial charge < -0.3 is 5.11 Å². The van der Waals surface area contributed by atoms with Gasteiger partial charge >= 0.3 is 5.97 Å². The van der Waals surface area contributed by atoms with Crippen molar-refractivity contribution in [2.75, 3.05) is 0 Å². The minimum Gasteiger partial charge on any atom is -0.479 e. The largest absolute Gasteiger partial charge is 0.479 e. The number of nitrogens with zero attached hydrogens (tertiary/aromatic N) is 5. The van der Waals surface area contributed by atoms with Crippen molar-refractivity contribution >= 4 is 5.97 Å². The number of aliphatic carboxylic acids is 1. The summed E-state index contributed by atoms with van der Waals surface area (Å²) in [5.74, 6) is -0.545. The summed E-state index contributed by atoms with van der Waals surface area (Å²) in [6.45, 7) is 3.38. The third-order valence-corrected chi connectivity index (χ3v) is 3.02. The molecule has 2 rings (SSSR count). The van der Waals surface area contributed by atoms with E-state index in [9.17, 15) is 9.90 Å². The molecule has 0 aromatic carbocycles. The molecule has 0 bridgehead atoms. The fourth-order valence-corrected chi connectivity index (χ4v) is 1.59. The SMILES string of the molecule is CCC(C)(C(=O)O)n1nnnc1-c1ccncc1. The number of rotatable bonds is 4. The molecule has 2 heterocycles. The quantitative estimate of drug-likeness (QED) is 0.864. The molecule has 1 unspecified atom stereocenters. The Hall–Kier alpha value is -2.31. The smallest absolute Gasteiger partial charge is 0.331 e. The number of carboxylic acids is 1. The Kier molecular flexibility index (Phi) is 3.05. The highest BCUT2D eigenvalue weighted by Crippen LogP contribution is 2.25. The van der Waals surface area contributed by atoms with E-state index >= 15 is 0 Å². The predicted molar refractivity (Wildman–Crippen MR) is 62.6 cm³/mol. The van der Waals surface area contributed by atoms with Gasteiger partial charge in [-0.1, -0.05) is 6.92 Å². The molecule has 94 valence electrons. The van der Waals surface area contributed by atoms with Crippen LogP contribution in [0.3, 0.4) is 0 Å². The van der Waals surface area contributed by atoms with Crippen LogP contribution in [-0.2, 0) is 10.3 Å². The van der Waals surface area contributed by atoms with E-state index < -0.39 is 11.5 Å². The minimum absolute atomic E-state index is 0.380. The molecule has 7 heteroatoms. The molecule has 0 spiro atoms. The molecule has 0 saturated heterocycles. The van der Waals surface area contributed by atoms with Crippen molar-refractivity contribution in [3.63, 3.8) is 0 Å². The molecule has 0 amide bonds. The van der Waals surface area contributed by atoms with Crippen LogP contribution in [0.15, 0.2) is 24.5 Å². The third-order valence-electron chi connectivity index (χ3n) is 3.02. The van der Waals surface area contributed by atoms with E-state index in [0.29, 0.717) is 12.2 Å². The minimum atomic E-state index is -1.16. The number of hydrogen-bond donors (Lipinski definition) is 1. The van der Waals surface area contributed by atoms with Crippen molar-refractivity contribution in [3.05, 3.63) is 24.5 Å². The lowest BCUT2D eigenvalue weighted by molar-refractivity contribution is -0.147. The zero-order chi connectivity index (χ0) is 13.2. The molecule has 2 aromatic heterocycles. The van der Waals surface area contributed by atoms with Crippen molar-refractivity contribution < 1.29 is 9.90 Å². The standard InChI is InChI=1S/C11H13N5O2/c1-3-11(2,10(17)18)16-9(13-14-15-16)8-4-6-12-7-5-8/h4-7H,3H2,1-2H3,(H,17,18). The molecule has 18 heavy (non-hydrogen) atoms. The van der Waals surface area contributed by atoms with Crippen molar-refractivity contribution in [3.8, 4) is 11.4 Å². The molecule has 0 radical (unpaired) electrons. The summed E-state index contributed by atoms with van der Waals surface area (Å²) in [5, 5.41) is 20.6. The summed E-state index contributed by atoms with van der Waals surface area (Å²) in [4.78, 5) is 15.3. The first-order chi connectivity index (χ1) is 8.59. The lowest BCUT2D eigenvalue weighted by atomic mass is 9.99. The van der Waals surface area contributed by atoms with E-state index in [1.165, 1.54) is 4.68 Å². The Morgan fingerprint density at radius 2 is 2.11 bits per heavy atom. The van der Waals surface area contributed by atoms with E-state index in [4.69, 9.17) is 0 Å². The van der Waals surface area contributed by atoms with Gasteiger partial charge in [-0.25, -0.2) is 9.48 Å². The zero-order valence-corrected chi connectivity index (χ0v) is 10.1. The van der Waals surface area contributed by atoms with Gasteiger partial charge in [0.2, 0.25) is 0 Å². The Labute approximate surface area is 103 Å². The average molecular weight is 247 g/mol. The van der Waals surface area contributed by atoms with Gasteiger partial charge in [0.15, 0.2) is 11.4 Å². The van der Waals surface area contributed by atoms with Crippen molar-refractivity contribution in [2.45, 2.75) is 25.8 Å². The monoisotopic (exact) mass is 247 g/mol. The lowest BCUT2D eigenvalue weighted by Gasteiger charge is -2.23. The zero-order valence-electron chi connectivity index (χ0n) is 10.1. The van der Waals surface area contributed by atoms with E-state index in [2.05, 4.69) is 20.5 Å². The number of hydrogen-bond acceptors (Lipinski definition) is 5. The van der Waals surface area contributed by atoms with Crippen molar-refractivity contribution in [1.82, 2.24) is 25.2 Å². The van der Waals surface area contributed by atoms with Gasteiger partial charge in [-0.15, -0.1) is 5.10 Å². The second kappa shape index (κ2) is 4.52. The summed E-state index contributed by atoms with van der Waals surface area (Å²) in [6, 6.07) is 3.47. The molecule has 7 nitrogen and oxygen atoms in total. The Morgan fingerprint density at radius 1 is 1.44 bits per heavy atom. The summed E-state index contributed by atoms with van der Waals surface area (Å²) >= 11 is 0. The Morgan fingerprint density at radius 3 is 2.67 bits per heavy atom. The summed E-state index contributed by atoms with van der Waals surface area (Å²) in [7, 11) is 0. The van der Waals surface area contributed by atoms with Crippen LogP contribution < -0.4 is 0 Å². The second-order valence-corrected chi connectivity index (χ2v) is 4.08. The van der Waals surface area contributed by atoms with Gasteiger partial charge in [0.1, 0.15) is 0 Å². The molecule has 2 aromatic rings. The number of aromatic nitrogens is 5. The second-order valence-electron chi connectivity index (χ2n) is 4.08. The molecular formula is C11H13N5O2. The maximum Gasteiger partial charge on any atom is 0.331 e. The summed E-state index contributed by atoms with van der Waals surface area (Å²) in [5.41, 5.74) is -0.432. The predicted octanol–water partition coefficient (Wildman–Crippen LogP) is 0.945. The summed E-state index contributed by atoms with van der Waals surface area (Å²) in [6.07, 6.45) is 3.60. The highest BCUT2D eigenvalue weighted by molar-refractivity contribution is 5.77. The van der Waals surface area contributed by atoms with Crippen molar-refractivity contribution in [2.24, 2.45) is 0 Å². The molecule has 1 atom stereocenters. The highest BCUT2D eigenvalue weighted by Gasteiger charge is 2.37. The number of tetrazole rings is 1. The van der Waals surface area contributed by atoms with Gasteiger partial charge in [0.25, 0.3) is 0 Å². The van der Waals surface area contributed by atoms with Crippen LogP contribution in [-0.4, -0.2) is 36.3 Å². The molecule has 0 aliphatic heterocycles. The maximum atomic E-state index is 11.4. The van der Waals surface area contributed by atoms with Crippen LogP contribution in [0.25, 0.3) is 11.4 Å². The fourth-order valence-electron chi connectivity index (χ4n) is 1.59. The molecular weight excluding hydrogens is 234 g/mol. The van der Waals surface area contributed by atoms with Gasteiger partial charge in [-0.3, -0.25) is 4.98 Å². The summed E-state index contributed by atoms with van der Waals surface area (Å²) < 4.78 is 1.34. The molecule has 0 aliphatic carbocycles. The first-order valence-corrected chi connectivity index (χ1v) is 5.52. The van der Waals surface area contributed by atoms with Crippen LogP contribution in [0.1, 0.15) is 20.3 Å². The molecule has 1 N–H and O–H groups in total. The first-order valence-electron chi connectivity index (χ1n) is 5.52. The van der Waals surface area contributed by atoms with Gasteiger partial charge in [0.05, 0.1) is 0 Å². The number of carboxylic acid groups (broad SMARTS) is 1. The van der Waals surface area contributed by atoms with E-state index in [1.807, 2.05) is 0 Å². The fraction of sp³-hybridized carbons (Fsp3) is 0.364. The third kappa shape index (κ3) is 1.83. The number of carbonyl (C=O) groups is 1.